The van der Waals surface area contributed by atoms with Gasteiger partial charge in [-0.05, 0) is 67.9 Å². The van der Waals surface area contributed by atoms with Crippen molar-refractivity contribution in [2.75, 3.05) is 22.8 Å². The monoisotopic (exact) mass is 530 g/mol. The quantitative estimate of drug-likeness (QED) is 0.423. The molecular formula is C24H23BrN2O5S. The predicted molar refractivity (Wildman–Crippen MR) is 131 cm³/mol. The lowest BCUT2D eigenvalue weighted by atomic mass is 10.1. The molecule has 1 N–H and O–H groups in total. The molecule has 0 atom stereocenters. The molecule has 0 saturated carbocycles. The Balaban J connectivity index is 1.91. The standard InChI is InChI=1S/C24H23BrN2O5S/c1-3-32-24(29)18-10-9-17(2)22(15-18)26-23(28)16-27(20-13-11-19(25)12-14-20)33(30,31)21-7-5-4-6-8-21/h4-15H,3,16H2,1-2H3,(H,26,28). The number of nitrogens with zero attached hydrogens (tertiary/aromatic N) is 1. The summed E-state index contributed by atoms with van der Waals surface area (Å²) >= 11 is 3.34. The van der Waals surface area contributed by atoms with E-state index in [-0.39, 0.29) is 11.5 Å². The molecule has 0 bridgehead atoms. The number of anilines is 2. The van der Waals surface area contributed by atoms with Crippen LogP contribution in [0, 0.1) is 6.92 Å². The Labute approximate surface area is 201 Å². The van der Waals surface area contributed by atoms with Gasteiger partial charge >= 0.3 is 5.97 Å². The van der Waals surface area contributed by atoms with E-state index in [1.165, 1.54) is 18.2 Å². The average molecular weight is 531 g/mol. The van der Waals surface area contributed by atoms with Gasteiger partial charge in [0.05, 0.1) is 22.8 Å². The van der Waals surface area contributed by atoms with E-state index in [1.807, 2.05) is 0 Å². The zero-order valence-corrected chi connectivity index (χ0v) is 20.5. The summed E-state index contributed by atoms with van der Waals surface area (Å²) in [5.74, 6) is -1.06. The van der Waals surface area contributed by atoms with Gasteiger partial charge in [0.2, 0.25) is 5.91 Å². The zero-order valence-electron chi connectivity index (χ0n) is 18.1. The van der Waals surface area contributed by atoms with Gasteiger partial charge in [0.25, 0.3) is 10.0 Å². The van der Waals surface area contributed by atoms with E-state index in [0.717, 1.165) is 14.3 Å². The van der Waals surface area contributed by atoms with Gasteiger partial charge < -0.3 is 10.1 Å². The average Bonchev–Trinajstić information content (AvgIpc) is 2.80. The SMILES string of the molecule is CCOC(=O)c1ccc(C)c(NC(=O)CN(c2ccc(Br)cc2)S(=O)(=O)c2ccccc2)c1. The number of amides is 1. The lowest BCUT2D eigenvalue weighted by Crippen LogP contribution is -2.38. The number of ether oxygens (including phenoxy) is 1. The first-order valence-corrected chi connectivity index (χ1v) is 12.4. The van der Waals surface area contributed by atoms with Crippen LogP contribution in [0.2, 0.25) is 0 Å². The van der Waals surface area contributed by atoms with Crippen molar-refractivity contribution >= 4 is 49.2 Å². The second-order valence-corrected chi connectivity index (χ2v) is 9.88. The number of halogens is 1. The van der Waals surface area contributed by atoms with Gasteiger partial charge in [-0.2, -0.15) is 0 Å². The minimum atomic E-state index is -4.01. The van der Waals surface area contributed by atoms with E-state index in [0.29, 0.717) is 16.9 Å². The van der Waals surface area contributed by atoms with Crippen LogP contribution >= 0.6 is 15.9 Å². The highest BCUT2D eigenvalue weighted by Crippen LogP contribution is 2.26. The largest absolute Gasteiger partial charge is 0.462 e. The van der Waals surface area contributed by atoms with Crippen LogP contribution in [0.25, 0.3) is 0 Å². The summed E-state index contributed by atoms with van der Waals surface area (Å²) in [6.07, 6.45) is 0. The van der Waals surface area contributed by atoms with Gasteiger partial charge in [-0.25, -0.2) is 13.2 Å². The van der Waals surface area contributed by atoms with Crippen molar-refractivity contribution in [2.24, 2.45) is 0 Å². The van der Waals surface area contributed by atoms with Crippen LogP contribution in [0.4, 0.5) is 11.4 Å². The lowest BCUT2D eigenvalue weighted by molar-refractivity contribution is -0.114. The fourth-order valence-electron chi connectivity index (χ4n) is 3.06. The van der Waals surface area contributed by atoms with Crippen LogP contribution in [0.5, 0.6) is 0 Å². The molecule has 0 aromatic heterocycles. The highest BCUT2D eigenvalue weighted by Gasteiger charge is 2.27. The maximum atomic E-state index is 13.4. The first-order chi connectivity index (χ1) is 15.7. The first kappa shape index (κ1) is 24.5. The first-order valence-electron chi connectivity index (χ1n) is 10.1. The molecule has 33 heavy (non-hydrogen) atoms. The van der Waals surface area contributed by atoms with Gasteiger partial charge in [-0.15, -0.1) is 0 Å². The minimum absolute atomic E-state index is 0.0706. The van der Waals surface area contributed by atoms with Crippen LogP contribution in [0.1, 0.15) is 22.8 Å². The van der Waals surface area contributed by atoms with Crippen molar-refractivity contribution in [1.29, 1.82) is 0 Å². The number of carbonyl (C=O) groups is 2. The van der Waals surface area contributed by atoms with Crippen molar-refractivity contribution < 1.29 is 22.7 Å². The molecule has 0 unspecified atom stereocenters. The van der Waals surface area contributed by atoms with Crippen molar-refractivity contribution in [3.63, 3.8) is 0 Å². The highest BCUT2D eigenvalue weighted by molar-refractivity contribution is 9.10. The van der Waals surface area contributed by atoms with Crippen LogP contribution < -0.4 is 9.62 Å². The van der Waals surface area contributed by atoms with E-state index in [9.17, 15) is 18.0 Å². The van der Waals surface area contributed by atoms with Gasteiger partial charge in [-0.1, -0.05) is 40.2 Å². The van der Waals surface area contributed by atoms with Gasteiger partial charge in [0, 0.05) is 10.2 Å². The second-order valence-electron chi connectivity index (χ2n) is 7.10. The van der Waals surface area contributed by atoms with Gasteiger partial charge in [0.15, 0.2) is 0 Å². The molecule has 0 fully saturated rings. The Morgan fingerprint density at radius 3 is 2.30 bits per heavy atom. The molecule has 0 radical (unpaired) electrons. The predicted octanol–water partition coefficient (Wildman–Crippen LogP) is 4.77. The minimum Gasteiger partial charge on any atom is -0.462 e. The van der Waals surface area contributed by atoms with E-state index < -0.39 is 28.4 Å². The summed E-state index contributed by atoms with van der Waals surface area (Å²) in [5, 5.41) is 2.72. The fraction of sp³-hybridized carbons (Fsp3) is 0.167. The molecule has 0 aliphatic rings. The highest BCUT2D eigenvalue weighted by atomic mass is 79.9. The van der Waals surface area contributed by atoms with Crippen LogP contribution in [-0.4, -0.2) is 33.4 Å². The van der Waals surface area contributed by atoms with Crippen molar-refractivity contribution in [2.45, 2.75) is 18.7 Å². The molecule has 0 saturated heterocycles. The molecule has 0 aliphatic carbocycles. The van der Waals surface area contributed by atoms with Crippen molar-refractivity contribution in [1.82, 2.24) is 0 Å². The van der Waals surface area contributed by atoms with E-state index in [1.54, 1.807) is 68.4 Å². The second kappa shape index (κ2) is 10.6. The molecule has 3 aromatic carbocycles. The maximum Gasteiger partial charge on any atom is 0.338 e. The number of aryl methyl sites for hydroxylation is 1. The Hall–Kier alpha value is -3.17. The number of nitrogens with one attached hydrogen (secondary N) is 1. The summed E-state index contributed by atoms with van der Waals surface area (Å²) in [6.45, 7) is 3.26. The maximum absolute atomic E-state index is 13.4. The topological polar surface area (TPSA) is 92.8 Å². The van der Waals surface area contributed by atoms with Crippen LogP contribution in [0.15, 0.2) is 82.2 Å². The summed E-state index contributed by atoms with van der Waals surface area (Å²) in [4.78, 5) is 25.1. The Bertz CT molecular complexity index is 1250. The number of sulfonamides is 1. The van der Waals surface area contributed by atoms with E-state index in [2.05, 4.69) is 21.2 Å². The van der Waals surface area contributed by atoms with E-state index in [4.69, 9.17) is 4.74 Å². The molecule has 3 rings (SSSR count). The normalized spacial score (nSPS) is 11.0. The zero-order chi connectivity index (χ0) is 24.0. The number of rotatable bonds is 8. The Kier molecular flexibility index (Phi) is 7.88. The van der Waals surface area contributed by atoms with Crippen molar-refractivity contribution in [3.8, 4) is 0 Å². The molecule has 1 amide bonds. The van der Waals surface area contributed by atoms with Gasteiger partial charge in [-0.3, -0.25) is 9.10 Å². The number of hydrogen-bond acceptors (Lipinski definition) is 5. The smallest absolute Gasteiger partial charge is 0.338 e. The molecule has 9 heteroatoms. The van der Waals surface area contributed by atoms with E-state index >= 15 is 0 Å². The van der Waals surface area contributed by atoms with Crippen LogP contribution in [-0.2, 0) is 19.6 Å². The van der Waals surface area contributed by atoms with Crippen molar-refractivity contribution in [3.05, 3.63) is 88.4 Å². The summed E-state index contributed by atoms with van der Waals surface area (Å²) in [7, 11) is -4.01. The molecule has 7 nitrogen and oxygen atoms in total. The molecule has 0 spiro atoms. The van der Waals surface area contributed by atoms with Crippen LogP contribution in [0.3, 0.4) is 0 Å². The lowest BCUT2D eigenvalue weighted by Gasteiger charge is -2.24. The summed E-state index contributed by atoms with van der Waals surface area (Å²) in [5.41, 5.74) is 1.75. The Morgan fingerprint density at radius 2 is 1.67 bits per heavy atom. The number of benzene rings is 3. The fourth-order valence-corrected chi connectivity index (χ4v) is 4.77. The number of carbonyl (C=O) groups excluding carboxylic acids is 2. The summed E-state index contributed by atoms with van der Waals surface area (Å²) < 4.78 is 33.6. The molecule has 0 aliphatic heterocycles. The number of esters is 1. The van der Waals surface area contributed by atoms with Gasteiger partial charge in [0.1, 0.15) is 6.54 Å². The molecular weight excluding hydrogens is 508 g/mol. The third-order valence-corrected chi connectivity index (χ3v) is 7.07. The molecule has 3 aromatic rings. The Morgan fingerprint density at radius 1 is 1.00 bits per heavy atom. The number of hydrogen-bond donors (Lipinski definition) is 1. The molecule has 172 valence electrons. The molecule has 0 heterocycles. The third kappa shape index (κ3) is 6.00. The third-order valence-electron chi connectivity index (χ3n) is 4.76. The summed E-state index contributed by atoms with van der Waals surface area (Å²) in [6, 6.07) is 19.4.